The van der Waals surface area contributed by atoms with Crippen LogP contribution in [0.15, 0.2) is 25.0 Å². The molecule has 0 saturated carbocycles. The monoisotopic (exact) mass is 302 g/mol. The highest BCUT2D eigenvalue weighted by Gasteiger charge is 2.24. The van der Waals surface area contributed by atoms with Gasteiger partial charge in [-0.3, -0.25) is 14.2 Å². The molecule has 7 nitrogen and oxygen atoms in total. The molecule has 0 atom stereocenters. The van der Waals surface area contributed by atoms with Crippen molar-refractivity contribution in [1.29, 1.82) is 0 Å². The van der Waals surface area contributed by atoms with Crippen LogP contribution < -0.4 is 0 Å². The molecule has 1 aliphatic rings. The van der Waals surface area contributed by atoms with E-state index < -0.39 is 0 Å². The first kappa shape index (κ1) is 14.7. The Morgan fingerprint density at radius 3 is 2.68 bits per heavy atom. The lowest BCUT2D eigenvalue weighted by atomic mass is 9.96. The van der Waals surface area contributed by atoms with E-state index in [0.717, 1.165) is 32.5 Å². The first-order valence-corrected chi connectivity index (χ1v) is 7.79. The second-order valence-electron chi connectivity index (χ2n) is 6.16. The molecule has 1 aliphatic heterocycles. The van der Waals surface area contributed by atoms with Crippen LogP contribution in [-0.2, 0) is 6.54 Å². The van der Waals surface area contributed by atoms with Crippen LogP contribution in [0, 0.1) is 5.92 Å². The molecule has 1 fully saturated rings. The van der Waals surface area contributed by atoms with Crippen molar-refractivity contribution in [2.45, 2.75) is 39.3 Å². The van der Waals surface area contributed by atoms with Crippen molar-refractivity contribution in [2.75, 3.05) is 13.1 Å². The molecule has 3 rings (SSSR count). The summed E-state index contributed by atoms with van der Waals surface area (Å²) in [4.78, 5) is 18.4. The zero-order chi connectivity index (χ0) is 15.5. The number of likely N-dealkylation sites (tertiary alicyclic amines) is 1. The van der Waals surface area contributed by atoms with Crippen LogP contribution in [0.4, 0.5) is 0 Å². The Balaban J connectivity index is 1.55. The summed E-state index contributed by atoms with van der Waals surface area (Å²) >= 11 is 0. The minimum Gasteiger partial charge on any atom is -0.339 e. The van der Waals surface area contributed by atoms with E-state index in [9.17, 15) is 4.79 Å². The molecular weight excluding hydrogens is 280 g/mol. The van der Waals surface area contributed by atoms with Gasteiger partial charge in [-0.25, -0.2) is 4.98 Å². The summed E-state index contributed by atoms with van der Waals surface area (Å²) in [5.41, 5.74) is 0.684. The van der Waals surface area contributed by atoms with Crippen LogP contribution in [0.2, 0.25) is 0 Å². The van der Waals surface area contributed by atoms with Gasteiger partial charge < -0.3 is 4.90 Å². The van der Waals surface area contributed by atoms with E-state index in [-0.39, 0.29) is 11.9 Å². The Morgan fingerprint density at radius 1 is 1.32 bits per heavy atom. The van der Waals surface area contributed by atoms with E-state index in [1.54, 1.807) is 18.9 Å². The van der Waals surface area contributed by atoms with Crippen molar-refractivity contribution in [3.05, 3.63) is 30.6 Å². The van der Waals surface area contributed by atoms with E-state index >= 15 is 0 Å². The number of nitrogens with zero attached hydrogens (tertiary/aromatic N) is 6. The maximum Gasteiger partial charge on any atom is 0.257 e. The van der Waals surface area contributed by atoms with Crippen molar-refractivity contribution >= 4 is 5.91 Å². The summed E-state index contributed by atoms with van der Waals surface area (Å²) in [7, 11) is 0. The fourth-order valence-electron chi connectivity index (χ4n) is 2.82. The average Bonchev–Trinajstić information content (AvgIpc) is 3.18. The fraction of sp³-hybridized carbons (Fsp3) is 0.600. The molecule has 1 saturated heterocycles. The number of hydrogen-bond acceptors (Lipinski definition) is 4. The van der Waals surface area contributed by atoms with E-state index in [1.807, 2.05) is 20.5 Å². The van der Waals surface area contributed by atoms with Gasteiger partial charge >= 0.3 is 0 Å². The van der Waals surface area contributed by atoms with Gasteiger partial charge in [-0.05, 0) is 32.6 Å². The lowest BCUT2D eigenvalue weighted by Crippen LogP contribution is -2.39. The molecule has 0 bridgehead atoms. The Bertz CT molecular complexity index is 610. The smallest absolute Gasteiger partial charge is 0.257 e. The van der Waals surface area contributed by atoms with Gasteiger partial charge in [0.15, 0.2) is 0 Å². The molecule has 0 aliphatic carbocycles. The zero-order valence-corrected chi connectivity index (χ0v) is 13.1. The van der Waals surface area contributed by atoms with E-state index in [4.69, 9.17) is 0 Å². The van der Waals surface area contributed by atoms with E-state index in [1.165, 1.54) is 0 Å². The summed E-state index contributed by atoms with van der Waals surface area (Å²) in [6.45, 7) is 6.58. The quantitative estimate of drug-likeness (QED) is 0.860. The SMILES string of the molecule is CC(C)n1cc(C(=O)N2CCC(Cn3cncn3)CC2)cn1. The first-order chi connectivity index (χ1) is 10.6. The molecule has 7 heteroatoms. The topological polar surface area (TPSA) is 68.8 Å². The Labute approximate surface area is 129 Å². The van der Waals surface area contributed by atoms with Gasteiger partial charge in [-0.2, -0.15) is 10.2 Å². The van der Waals surface area contributed by atoms with Crippen LogP contribution >= 0.6 is 0 Å². The van der Waals surface area contributed by atoms with Crippen molar-refractivity contribution in [3.63, 3.8) is 0 Å². The number of hydrogen-bond donors (Lipinski definition) is 0. The van der Waals surface area contributed by atoms with Crippen molar-refractivity contribution in [1.82, 2.24) is 29.4 Å². The highest BCUT2D eigenvalue weighted by Crippen LogP contribution is 2.20. The molecule has 3 heterocycles. The lowest BCUT2D eigenvalue weighted by Gasteiger charge is -2.31. The molecule has 0 N–H and O–H groups in total. The lowest BCUT2D eigenvalue weighted by molar-refractivity contribution is 0.0681. The Morgan fingerprint density at radius 2 is 2.09 bits per heavy atom. The Hall–Kier alpha value is -2.18. The average molecular weight is 302 g/mol. The van der Waals surface area contributed by atoms with Crippen LogP contribution in [0.1, 0.15) is 43.1 Å². The number of aromatic nitrogens is 5. The van der Waals surface area contributed by atoms with Gasteiger partial charge in [-0.15, -0.1) is 0 Å². The summed E-state index contributed by atoms with van der Waals surface area (Å²) in [5.74, 6) is 0.648. The van der Waals surface area contributed by atoms with Gasteiger partial charge in [0.2, 0.25) is 0 Å². The van der Waals surface area contributed by atoms with Crippen molar-refractivity contribution in [3.8, 4) is 0 Å². The number of carbonyl (C=O) groups is 1. The number of amides is 1. The van der Waals surface area contributed by atoms with Crippen LogP contribution in [0.5, 0.6) is 0 Å². The third-order valence-electron chi connectivity index (χ3n) is 4.19. The normalized spacial score (nSPS) is 16.4. The van der Waals surface area contributed by atoms with Crippen molar-refractivity contribution < 1.29 is 4.79 Å². The van der Waals surface area contributed by atoms with Gasteiger partial charge in [0, 0.05) is 31.9 Å². The molecular formula is C15H22N6O. The van der Waals surface area contributed by atoms with Gasteiger partial charge in [0.25, 0.3) is 5.91 Å². The predicted octanol–water partition coefficient (Wildman–Crippen LogP) is 1.61. The number of piperidine rings is 1. The molecule has 0 aromatic carbocycles. The number of carbonyl (C=O) groups excluding carboxylic acids is 1. The zero-order valence-electron chi connectivity index (χ0n) is 13.1. The minimum atomic E-state index is 0.0890. The maximum absolute atomic E-state index is 12.5. The molecule has 118 valence electrons. The fourth-order valence-corrected chi connectivity index (χ4v) is 2.82. The summed E-state index contributed by atoms with van der Waals surface area (Å²) < 4.78 is 3.69. The largest absolute Gasteiger partial charge is 0.339 e. The molecule has 0 unspecified atom stereocenters. The maximum atomic E-state index is 12.5. The highest BCUT2D eigenvalue weighted by atomic mass is 16.2. The third-order valence-corrected chi connectivity index (χ3v) is 4.19. The van der Waals surface area contributed by atoms with Crippen LogP contribution in [-0.4, -0.2) is 48.4 Å². The van der Waals surface area contributed by atoms with E-state index in [2.05, 4.69) is 29.0 Å². The second-order valence-corrected chi connectivity index (χ2v) is 6.16. The van der Waals surface area contributed by atoms with E-state index in [0.29, 0.717) is 11.5 Å². The second kappa shape index (κ2) is 6.29. The molecule has 2 aromatic rings. The third kappa shape index (κ3) is 3.18. The molecule has 1 amide bonds. The van der Waals surface area contributed by atoms with Gasteiger partial charge in [-0.1, -0.05) is 0 Å². The predicted molar refractivity (Wildman–Crippen MR) is 81.3 cm³/mol. The van der Waals surface area contributed by atoms with Crippen LogP contribution in [0.25, 0.3) is 0 Å². The molecule has 22 heavy (non-hydrogen) atoms. The van der Waals surface area contributed by atoms with Gasteiger partial charge in [0.05, 0.1) is 11.8 Å². The first-order valence-electron chi connectivity index (χ1n) is 7.79. The number of rotatable bonds is 4. The Kier molecular flexibility index (Phi) is 4.22. The van der Waals surface area contributed by atoms with Crippen LogP contribution in [0.3, 0.4) is 0 Å². The van der Waals surface area contributed by atoms with Crippen molar-refractivity contribution in [2.24, 2.45) is 5.92 Å². The summed E-state index contributed by atoms with van der Waals surface area (Å²) in [6, 6.07) is 0.273. The summed E-state index contributed by atoms with van der Waals surface area (Å²) in [6.07, 6.45) is 8.83. The standard InChI is InChI=1S/C15H22N6O/c1-12(2)21-9-14(7-17-21)15(22)19-5-3-13(4-6-19)8-20-11-16-10-18-20/h7,9-13H,3-6,8H2,1-2H3. The molecule has 2 aromatic heterocycles. The van der Waals surface area contributed by atoms with Gasteiger partial charge in [0.1, 0.15) is 12.7 Å². The molecule has 0 spiro atoms. The minimum absolute atomic E-state index is 0.0890. The highest BCUT2D eigenvalue weighted by molar-refractivity contribution is 5.93. The molecule has 0 radical (unpaired) electrons. The summed E-state index contributed by atoms with van der Waals surface area (Å²) in [5, 5.41) is 8.39.